The number of carbonyl (C=O) groups excluding carboxylic acids is 9. The van der Waals surface area contributed by atoms with E-state index >= 15 is 24.0 Å². The minimum absolute atomic E-state index is 0.0146. The summed E-state index contributed by atoms with van der Waals surface area (Å²) >= 11 is 0. The van der Waals surface area contributed by atoms with E-state index in [1.165, 1.54) is 21.6 Å². The largest absolute Gasteiger partial charge is 0.487 e. The molecular weight excluding hydrogens is 1370 g/mol. The molecule has 8 N–H and O–H groups in total. The van der Waals surface area contributed by atoms with E-state index in [1.54, 1.807) is 159 Å². The van der Waals surface area contributed by atoms with Gasteiger partial charge in [0.05, 0.1) is 49.7 Å². The van der Waals surface area contributed by atoms with E-state index in [4.69, 9.17) is 14.2 Å². The maximum absolute atomic E-state index is 15.3. The van der Waals surface area contributed by atoms with Gasteiger partial charge in [0.15, 0.2) is 5.78 Å². The number of hydrogen-bond acceptors (Lipinski definition) is 19. The summed E-state index contributed by atoms with van der Waals surface area (Å²) in [5.41, 5.74) is 1.50. The number of benzene rings is 5. The highest BCUT2D eigenvalue weighted by Crippen LogP contribution is 2.35. The van der Waals surface area contributed by atoms with Crippen molar-refractivity contribution in [3.8, 4) is 11.5 Å². The minimum Gasteiger partial charge on any atom is -0.487 e. The Bertz CT molecular complexity index is 4340. The summed E-state index contributed by atoms with van der Waals surface area (Å²) in [5, 5.41) is 50.4. The molecule has 0 radical (unpaired) electrons. The van der Waals surface area contributed by atoms with Gasteiger partial charge in [-0.15, -0.1) is 10.2 Å². The molecule has 1 unspecified atom stereocenters. The first kappa shape index (κ1) is 78.6. The van der Waals surface area contributed by atoms with Crippen LogP contribution >= 0.6 is 0 Å². The number of nitrogens with zero attached hydrogens (tertiary/aromatic N) is 8. The summed E-state index contributed by atoms with van der Waals surface area (Å²) in [7, 11) is 4.44. The van der Waals surface area contributed by atoms with Crippen LogP contribution in [0.3, 0.4) is 0 Å². The Labute approximate surface area is 621 Å². The number of methoxy groups -OCH3 is 1. The first-order valence-corrected chi connectivity index (χ1v) is 36.0. The predicted octanol–water partition coefficient (Wildman–Crippen LogP) is 4.31. The molecule has 29 heteroatoms. The number of ketones is 1. The number of Topliss-reactive ketones (excluding diaryl/α,β-unsaturated/α-hetero) is 1. The number of fused-ring (bicyclic) bond motifs is 1. The van der Waals surface area contributed by atoms with E-state index in [0.717, 1.165) is 10.8 Å². The molecule has 0 saturated carbocycles. The number of likely N-dealkylation sites (tertiary alicyclic amines) is 2. The number of carboxylic acids is 1. The fraction of sp³-hybridized carbons (Fsp3) is 0.462. The first-order chi connectivity index (χ1) is 51.0. The number of nitrogens with one attached hydrogen (secondary N) is 7. The van der Waals surface area contributed by atoms with Gasteiger partial charge in [-0.25, -0.2) is 19.0 Å². The normalized spacial score (nSPS) is 21.9. The van der Waals surface area contributed by atoms with Crippen LogP contribution in [0.5, 0.6) is 11.5 Å². The van der Waals surface area contributed by atoms with Gasteiger partial charge in [0.25, 0.3) is 0 Å². The van der Waals surface area contributed by atoms with Crippen molar-refractivity contribution in [3.63, 3.8) is 0 Å². The highest BCUT2D eigenvalue weighted by atomic mass is 16.5. The smallest absolute Gasteiger partial charge is 0.328 e. The van der Waals surface area contributed by atoms with Crippen LogP contribution in [0.25, 0.3) is 10.8 Å². The van der Waals surface area contributed by atoms with Gasteiger partial charge in [-0.2, -0.15) is 0 Å². The van der Waals surface area contributed by atoms with Gasteiger partial charge in [-0.05, 0) is 109 Å². The highest BCUT2D eigenvalue weighted by Gasteiger charge is 2.49. The van der Waals surface area contributed by atoms with E-state index in [-0.39, 0.29) is 64.8 Å². The molecule has 0 spiro atoms. The van der Waals surface area contributed by atoms with E-state index in [0.29, 0.717) is 45.1 Å². The van der Waals surface area contributed by atoms with Crippen molar-refractivity contribution < 1.29 is 67.3 Å². The zero-order chi connectivity index (χ0) is 77.0. The van der Waals surface area contributed by atoms with Crippen LogP contribution in [-0.2, 0) is 91.6 Å². The van der Waals surface area contributed by atoms with Gasteiger partial charge >= 0.3 is 11.9 Å². The molecule has 2 aromatic heterocycles. The lowest BCUT2D eigenvalue weighted by Crippen LogP contribution is -2.61. The molecule has 0 aliphatic carbocycles. The summed E-state index contributed by atoms with van der Waals surface area (Å²) in [5.74, 6) is -7.02. The van der Waals surface area contributed by atoms with Crippen LogP contribution in [0, 0.1) is 16.7 Å². The maximum Gasteiger partial charge on any atom is 0.328 e. The lowest BCUT2D eigenvalue weighted by Gasteiger charge is -2.36. The molecule has 568 valence electrons. The minimum atomic E-state index is -1.46. The Balaban J connectivity index is 0.982. The third kappa shape index (κ3) is 20.0. The molecule has 8 heterocycles. The van der Waals surface area contributed by atoms with Crippen LogP contribution in [0.15, 0.2) is 134 Å². The molecule has 2 fully saturated rings. The summed E-state index contributed by atoms with van der Waals surface area (Å²) < 4.78 is 20.7. The van der Waals surface area contributed by atoms with E-state index < -0.39 is 149 Å². The lowest BCUT2D eigenvalue weighted by molar-refractivity contribution is -0.146. The van der Waals surface area contributed by atoms with Gasteiger partial charge in [0.2, 0.25) is 41.4 Å². The number of rotatable bonds is 14. The van der Waals surface area contributed by atoms with Crippen LogP contribution in [0.2, 0.25) is 0 Å². The molecule has 107 heavy (non-hydrogen) atoms. The maximum atomic E-state index is 15.3. The molecule has 5 aromatic carbocycles. The number of carboxylic acid groups (broad SMARTS) is 1. The Morgan fingerprint density at radius 1 is 0.570 bits per heavy atom. The molecule has 12 atom stereocenters. The topological polar surface area (TPSA) is 371 Å². The number of likely N-dealkylation sites (N-methyl/N-ethyl adjacent to an activating group) is 2. The average molecular weight is 1470 g/mol. The quantitative estimate of drug-likeness (QED) is 0.0703. The SMILES string of the molecule is CN[C@@H](C)C(=O)N[C@H](C(=O)N1C[C@@H]2C[C@H]1C(=O)C[C@@H](Cc1ccccc1)C(=O)N[C@H](C(=O)O)Cc1ccc(cc1)OCc1cn(nn1)C1C[C@@H](C(=O)N[C@@H](Cc3ccc4ccccc4c3)C(=O)N[C@H](C(=O)OC)Cc3ccc(cc3)OCc3cn2nn3)N(C(=O)[C@@H](NC(=O)[C@H](C)NC)C(C)(C)C)C1)C(C)(C)C. The molecule has 12 bridgehead atoms. The van der Waals surface area contributed by atoms with E-state index in [9.17, 15) is 29.1 Å². The third-order valence-corrected chi connectivity index (χ3v) is 20.1. The number of aromatic nitrogens is 6. The van der Waals surface area contributed by atoms with Crippen molar-refractivity contribution in [1.82, 2.24) is 77.0 Å². The van der Waals surface area contributed by atoms with Crippen LogP contribution in [0.1, 0.15) is 120 Å². The van der Waals surface area contributed by atoms with Gasteiger partial charge in [-0.3, -0.25) is 38.4 Å². The number of amides is 7. The van der Waals surface area contributed by atoms with Crippen molar-refractivity contribution in [1.29, 1.82) is 0 Å². The van der Waals surface area contributed by atoms with Crippen molar-refractivity contribution >= 4 is 69.8 Å². The Kier molecular flexibility index (Phi) is 25.4. The summed E-state index contributed by atoms with van der Waals surface area (Å²) in [6.45, 7) is 13.8. The molecule has 2 saturated heterocycles. The zero-order valence-corrected chi connectivity index (χ0v) is 62.2. The van der Waals surface area contributed by atoms with Gasteiger partial charge in [0.1, 0.15) is 72.4 Å². The van der Waals surface area contributed by atoms with Crippen LogP contribution in [-0.4, -0.2) is 193 Å². The molecule has 13 rings (SSSR count). The molecule has 7 amide bonds. The fourth-order valence-corrected chi connectivity index (χ4v) is 13.5. The number of carbonyl (C=O) groups is 10. The monoisotopic (exact) mass is 1470 g/mol. The molecule has 29 nitrogen and oxygen atoms in total. The summed E-state index contributed by atoms with van der Waals surface area (Å²) in [6.07, 6.45) is 2.66. The van der Waals surface area contributed by atoms with Gasteiger partial charge in [-0.1, -0.05) is 149 Å². The lowest BCUT2D eigenvalue weighted by atomic mass is 9.85. The van der Waals surface area contributed by atoms with Crippen molar-refractivity contribution in [2.24, 2.45) is 16.7 Å². The standard InChI is InChI=1S/C78H97N15O14/c1-45(79-9)68(95)84-66(77(3,4)5)73(100)90-41-56-37-63(90)65(94)36-53(31-47-17-13-12-14-18-47)70(97)82-61(75(102)103)33-48-22-27-58(28-23-48)106-44-55-40-93(89-87-55)57-38-64(91(42-57)74(101)67(78(6,7)8)85-69(96)46(2)80-10)72(99)81-60(35-50-21-26-51-19-15-16-20-52(51)32-50)71(98)83-62(76(104)105-11)34-49-24-29-59(30-25-49)107-43-54-39-92(56)88-86-54/h12-30,32,39-40,45-46,53,56-57,60-64,66-67,79-80H,31,33-38,41-44H2,1-11H3,(H,81,99)(H,82,97)(H,83,98)(H,84,95)(H,85,96)(H,102,103)/t45-,46-,53+,56-,57?,60-,61-,62-,63-,64-,66+,67+/m0/s1. The number of aliphatic carboxylic acids is 1. The Morgan fingerprint density at radius 2 is 1.06 bits per heavy atom. The Morgan fingerprint density at radius 3 is 1.56 bits per heavy atom. The molecule has 6 aliphatic heterocycles. The van der Waals surface area contributed by atoms with Crippen LogP contribution in [0.4, 0.5) is 0 Å². The van der Waals surface area contributed by atoms with E-state index in [1.807, 2.05) is 48.5 Å². The highest BCUT2D eigenvalue weighted by molar-refractivity contribution is 5.98. The fourth-order valence-electron chi connectivity index (χ4n) is 13.5. The van der Waals surface area contributed by atoms with Crippen LogP contribution < -0.4 is 46.7 Å². The van der Waals surface area contributed by atoms with Crippen molar-refractivity contribution in [2.45, 2.75) is 180 Å². The second-order valence-corrected chi connectivity index (χ2v) is 30.1. The number of esters is 1. The number of hydrogen-bond donors (Lipinski definition) is 8. The number of ether oxygens (including phenoxy) is 3. The Hall–Kier alpha value is -10.9. The summed E-state index contributed by atoms with van der Waals surface area (Å²) in [4.78, 5) is 148. The third-order valence-electron chi connectivity index (χ3n) is 20.1. The van der Waals surface area contributed by atoms with Gasteiger partial charge in [0, 0.05) is 51.1 Å². The first-order valence-electron chi connectivity index (χ1n) is 36.0. The van der Waals surface area contributed by atoms with Crippen molar-refractivity contribution in [3.05, 3.63) is 167 Å². The molecule has 6 aliphatic rings. The summed E-state index contributed by atoms with van der Waals surface area (Å²) in [6, 6.07) is 24.3. The van der Waals surface area contributed by atoms with Gasteiger partial charge < -0.3 is 66.3 Å². The second-order valence-electron chi connectivity index (χ2n) is 30.1. The van der Waals surface area contributed by atoms with Crippen molar-refractivity contribution in [2.75, 3.05) is 34.3 Å². The molecule has 7 aromatic rings. The van der Waals surface area contributed by atoms with E-state index in [2.05, 4.69) is 57.8 Å². The average Bonchev–Trinajstić information content (AvgIpc) is 1.67. The molecular formula is C78H97N15O14. The predicted molar refractivity (Wildman–Crippen MR) is 393 cm³/mol. The zero-order valence-electron chi connectivity index (χ0n) is 62.2. The second kappa shape index (κ2) is 34.5.